The van der Waals surface area contributed by atoms with E-state index < -0.39 is 23.0 Å². The number of hydrogen-bond acceptors (Lipinski definition) is 3. The average Bonchev–Trinajstić information content (AvgIpc) is 3.01. The Bertz CT molecular complexity index is 862. The molecule has 4 aliphatic rings. The number of hydrogen-bond donors (Lipinski definition) is 2. The first kappa shape index (κ1) is 26.1. The topological polar surface area (TPSA) is 57.5 Å². The van der Waals surface area contributed by atoms with Crippen LogP contribution in [0.25, 0.3) is 0 Å². The fourth-order valence-corrected chi connectivity index (χ4v) is 9.35. The monoisotopic (exact) mass is 470 g/mol. The van der Waals surface area contributed by atoms with E-state index in [2.05, 4.69) is 73.6 Å². The number of allylic oxidation sites excluding steroid dienone is 2. The van der Waals surface area contributed by atoms with Gasteiger partial charge in [0.15, 0.2) is 0 Å². The van der Waals surface area contributed by atoms with Gasteiger partial charge in [-0.1, -0.05) is 79.2 Å². The van der Waals surface area contributed by atoms with E-state index in [0.717, 1.165) is 44.1 Å². The SMILES string of the molecule is C[C@H](C/C=C/C(C)(C)C)C1CC[C@@]2(C)C3[C@@H](O)C=C4[C@@H](CC[C@H](O)C4(C)C)C3(C=O)CCC12C. The summed E-state index contributed by atoms with van der Waals surface area (Å²) < 4.78 is 0. The van der Waals surface area contributed by atoms with Crippen LogP contribution in [0.15, 0.2) is 23.8 Å². The number of aliphatic hydroxyl groups excluding tert-OH is 2. The van der Waals surface area contributed by atoms with Gasteiger partial charge in [-0.2, -0.15) is 0 Å². The summed E-state index contributed by atoms with van der Waals surface area (Å²) in [6.07, 6.45) is 13.9. The second-order valence-electron chi connectivity index (χ2n) is 14.6. The van der Waals surface area contributed by atoms with Crippen LogP contribution in [-0.4, -0.2) is 28.7 Å². The van der Waals surface area contributed by atoms with E-state index in [1.807, 2.05) is 0 Å². The fraction of sp³-hybridized carbons (Fsp3) is 0.839. The summed E-state index contributed by atoms with van der Waals surface area (Å²) in [5.41, 5.74) is 0.484. The minimum absolute atomic E-state index is 0.0432. The van der Waals surface area contributed by atoms with Gasteiger partial charge in [0.2, 0.25) is 0 Å². The van der Waals surface area contributed by atoms with E-state index in [0.29, 0.717) is 11.8 Å². The minimum Gasteiger partial charge on any atom is -0.392 e. The van der Waals surface area contributed by atoms with E-state index in [9.17, 15) is 15.0 Å². The van der Waals surface area contributed by atoms with Gasteiger partial charge in [-0.25, -0.2) is 0 Å². The summed E-state index contributed by atoms with van der Waals surface area (Å²) in [7, 11) is 0. The van der Waals surface area contributed by atoms with Crippen molar-refractivity contribution in [3.05, 3.63) is 23.8 Å². The van der Waals surface area contributed by atoms with E-state index in [1.54, 1.807) is 0 Å². The molecule has 3 fully saturated rings. The zero-order chi connectivity index (χ0) is 25.3. The fourth-order valence-electron chi connectivity index (χ4n) is 9.35. The third-order valence-corrected chi connectivity index (χ3v) is 11.5. The van der Waals surface area contributed by atoms with E-state index in [-0.39, 0.29) is 28.1 Å². The Hall–Kier alpha value is -0.930. The van der Waals surface area contributed by atoms with E-state index in [4.69, 9.17) is 0 Å². The van der Waals surface area contributed by atoms with Gasteiger partial charge in [0.25, 0.3) is 0 Å². The van der Waals surface area contributed by atoms with Crippen molar-refractivity contribution in [1.82, 2.24) is 0 Å². The quantitative estimate of drug-likeness (QED) is 0.354. The molecule has 9 atom stereocenters. The molecule has 0 aromatic carbocycles. The first-order valence-electron chi connectivity index (χ1n) is 13.9. The van der Waals surface area contributed by atoms with Gasteiger partial charge in [0, 0.05) is 16.7 Å². The van der Waals surface area contributed by atoms with Crippen LogP contribution < -0.4 is 0 Å². The molecule has 3 heteroatoms. The maximum Gasteiger partial charge on any atom is 0.127 e. The zero-order valence-electron chi connectivity index (χ0n) is 23.0. The Morgan fingerprint density at radius 1 is 1.03 bits per heavy atom. The second-order valence-corrected chi connectivity index (χ2v) is 14.6. The Balaban J connectivity index is 1.70. The summed E-state index contributed by atoms with van der Waals surface area (Å²) in [6, 6.07) is 0. The summed E-state index contributed by atoms with van der Waals surface area (Å²) in [5.74, 6) is 1.29. The number of aliphatic hydroxyl groups is 2. The van der Waals surface area contributed by atoms with Crippen molar-refractivity contribution >= 4 is 6.29 Å². The average molecular weight is 471 g/mol. The lowest BCUT2D eigenvalue weighted by Crippen LogP contribution is -2.64. The van der Waals surface area contributed by atoms with E-state index in [1.165, 1.54) is 12.7 Å². The molecule has 0 amide bonds. The normalized spacial score (nSPS) is 46.9. The molecule has 2 N–H and O–H groups in total. The Labute approximate surface area is 208 Å². The lowest BCUT2D eigenvalue weighted by molar-refractivity contribution is -0.182. The number of aldehydes is 1. The number of fused-ring (bicyclic) bond motifs is 5. The van der Waals surface area contributed by atoms with Crippen molar-refractivity contribution in [3.8, 4) is 0 Å². The lowest BCUT2D eigenvalue weighted by Gasteiger charge is -2.66. The minimum atomic E-state index is -0.625. The molecule has 4 aliphatic carbocycles. The highest BCUT2D eigenvalue weighted by molar-refractivity contribution is 5.65. The van der Waals surface area contributed by atoms with Crippen molar-refractivity contribution in [2.24, 2.45) is 50.7 Å². The molecule has 0 aromatic heterocycles. The zero-order valence-corrected chi connectivity index (χ0v) is 23.0. The summed E-state index contributed by atoms with van der Waals surface area (Å²) in [6.45, 7) is 18.2. The van der Waals surface area contributed by atoms with Crippen LogP contribution in [-0.2, 0) is 4.79 Å². The van der Waals surface area contributed by atoms with Gasteiger partial charge in [0.05, 0.1) is 12.2 Å². The highest BCUT2D eigenvalue weighted by atomic mass is 16.3. The smallest absolute Gasteiger partial charge is 0.127 e. The van der Waals surface area contributed by atoms with Gasteiger partial charge in [0.1, 0.15) is 6.29 Å². The van der Waals surface area contributed by atoms with Crippen molar-refractivity contribution in [1.29, 1.82) is 0 Å². The maximum absolute atomic E-state index is 13.1. The summed E-state index contributed by atoms with van der Waals surface area (Å²) in [4.78, 5) is 13.1. The molecule has 0 spiro atoms. The predicted molar refractivity (Wildman–Crippen MR) is 139 cm³/mol. The van der Waals surface area contributed by atoms with Gasteiger partial charge in [-0.05, 0) is 78.9 Å². The van der Waals surface area contributed by atoms with Crippen LogP contribution in [0.2, 0.25) is 0 Å². The van der Waals surface area contributed by atoms with Crippen LogP contribution in [0, 0.1) is 50.7 Å². The van der Waals surface area contributed by atoms with E-state index >= 15 is 0 Å². The maximum atomic E-state index is 13.1. The third kappa shape index (κ3) is 3.62. The van der Waals surface area contributed by atoms with Crippen molar-refractivity contribution in [2.45, 2.75) is 113 Å². The largest absolute Gasteiger partial charge is 0.392 e. The Kier molecular flexibility index (Phi) is 6.38. The second kappa shape index (κ2) is 8.30. The van der Waals surface area contributed by atoms with Crippen molar-refractivity contribution in [2.75, 3.05) is 0 Å². The molecule has 4 rings (SSSR count). The van der Waals surface area contributed by atoms with Crippen molar-refractivity contribution < 1.29 is 15.0 Å². The molecule has 0 aromatic rings. The molecular formula is C31H50O3. The molecule has 0 saturated heterocycles. The molecule has 0 aliphatic heterocycles. The standard InChI is InChI=1S/C31H50O3/c1-20(10-9-14-27(2,3)4)21-13-15-30(8)26-24(33)18-23-22(11-12-25(34)28(23,5)6)31(26,19-32)17-16-29(21,30)7/h9,14,18-22,24-26,33-34H,10-13,15-17H2,1-8H3/b14-9+/t20-,21?,22-,24+,25+,26?,29?,30+,31?/m1/s1. The molecule has 3 saturated carbocycles. The van der Waals surface area contributed by atoms with Crippen LogP contribution in [0.1, 0.15) is 100 Å². The van der Waals surface area contributed by atoms with Crippen LogP contribution in [0.4, 0.5) is 0 Å². The Morgan fingerprint density at radius 2 is 1.71 bits per heavy atom. The highest BCUT2D eigenvalue weighted by Gasteiger charge is 2.70. The van der Waals surface area contributed by atoms with Gasteiger partial charge in [-0.15, -0.1) is 0 Å². The molecule has 0 heterocycles. The summed E-state index contributed by atoms with van der Waals surface area (Å²) in [5, 5.41) is 22.5. The first-order valence-corrected chi connectivity index (χ1v) is 13.9. The molecule has 0 bridgehead atoms. The summed E-state index contributed by atoms with van der Waals surface area (Å²) >= 11 is 0. The molecule has 34 heavy (non-hydrogen) atoms. The predicted octanol–water partition coefficient (Wildman–Crippen LogP) is 6.73. The third-order valence-electron chi connectivity index (χ3n) is 11.5. The van der Waals surface area contributed by atoms with Crippen LogP contribution in [0.5, 0.6) is 0 Å². The van der Waals surface area contributed by atoms with Crippen LogP contribution in [0.3, 0.4) is 0 Å². The first-order chi connectivity index (χ1) is 15.6. The van der Waals surface area contributed by atoms with Gasteiger partial charge < -0.3 is 15.0 Å². The van der Waals surface area contributed by atoms with Gasteiger partial charge in [-0.3, -0.25) is 0 Å². The molecule has 4 unspecified atom stereocenters. The molecular weight excluding hydrogens is 420 g/mol. The lowest BCUT2D eigenvalue weighted by atomic mass is 9.38. The number of carbonyl (C=O) groups excluding carboxylic acids is 1. The highest BCUT2D eigenvalue weighted by Crippen LogP contribution is 2.74. The number of rotatable bonds is 4. The van der Waals surface area contributed by atoms with Gasteiger partial charge >= 0.3 is 0 Å². The molecule has 3 nitrogen and oxygen atoms in total. The van der Waals surface area contributed by atoms with Crippen LogP contribution >= 0.6 is 0 Å². The molecule has 192 valence electrons. The Morgan fingerprint density at radius 3 is 2.32 bits per heavy atom. The molecule has 0 radical (unpaired) electrons. The number of carbonyl (C=O) groups is 1. The van der Waals surface area contributed by atoms with Crippen molar-refractivity contribution in [3.63, 3.8) is 0 Å².